The van der Waals surface area contributed by atoms with E-state index in [1.807, 2.05) is 49.1 Å². The Morgan fingerprint density at radius 1 is 0.786 bits per heavy atom. The molecular formula is C22H25N3O3. The zero-order valence-corrected chi connectivity index (χ0v) is 16.2. The lowest BCUT2D eigenvalue weighted by atomic mass is 9.83. The van der Waals surface area contributed by atoms with Gasteiger partial charge in [0.25, 0.3) is 5.91 Å². The van der Waals surface area contributed by atoms with Crippen LogP contribution in [0.1, 0.15) is 40.1 Å². The number of benzene rings is 2. The summed E-state index contributed by atoms with van der Waals surface area (Å²) in [6, 6.07) is 16.1. The molecule has 0 saturated carbocycles. The number of hydrogen-bond acceptors (Lipinski definition) is 3. The zero-order valence-electron chi connectivity index (χ0n) is 16.2. The molecule has 0 atom stereocenters. The Bertz CT molecular complexity index is 868. The van der Waals surface area contributed by atoms with Crippen LogP contribution in [0.25, 0.3) is 0 Å². The van der Waals surface area contributed by atoms with E-state index in [9.17, 15) is 14.4 Å². The van der Waals surface area contributed by atoms with Gasteiger partial charge in [-0.15, -0.1) is 0 Å². The van der Waals surface area contributed by atoms with Gasteiger partial charge >= 0.3 is 0 Å². The first-order valence-electron chi connectivity index (χ1n) is 9.35. The lowest BCUT2D eigenvalue weighted by Gasteiger charge is -2.38. The fourth-order valence-corrected chi connectivity index (χ4v) is 3.45. The van der Waals surface area contributed by atoms with E-state index in [1.54, 1.807) is 29.2 Å². The van der Waals surface area contributed by atoms with Gasteiger partial charge in [0.1, 0.15) is 0 Å². The monoisotopic (exact) mass is 379 g/mol. The third-order valence-corrected chi connectivity index (χ3v) is 5.30. The third-order valence-electron chi connectivity index (χ3n) is 5.30. The predicted octanol–water partition coefficient (Wildman–Crippen LogP) is 2.05. The number of piperazine rings is 1. The van der Waals surface area contributed by atoms with Crippen molar-refractivity contribution in [3.05, 3.63) is 71.3 Å². The van der Waals surface area contributed by atoms with Crippen molar-refractivity contribution in [2.75, 3.05) is 26.2 Å². The number of primary amides is 1. The average molecular weight is 379 g/mol. The molecule has 0 spiro atoms. The minimum Gasteiger partial charge on any atom is -0.366 e. The van der Waals surface area contributed by atoms with Crippen molar-refractivity contribution in [1.29, 1.82) is 0 Å². The van der Waals surface area contributed by atoms with E-state index in [1.165, 1.54) is 0 Å². The maximum atomic E-state index is 13.0. The van der Waals surface area contributed by atoms with Crippen LogP contribution < -0.4 is 5.73 Å². The second-order valence-corrected chi connectivity index (χ2v) is 7.52. The molecule has 0 unspecified atom stereocenters. The van der Waals surface area contributed by atoms with Crippen molar-refractivity contribution in [2.45, 2.75) is 19.3 Å². The molecule has 6 heteroatoms. The van der Waals surface area contributed by atoms with Crippen LogP contribution >= 0.6 is 0 Å². The van der Waals surface area contributed by atoms with Gasteiger partial charge in [0.15, 0.2) is 0 Å². The first-order valence-corrected chi connectivity index (χ1v) is 9.35. The van der Waals surface area contributed by atoms with Crippen LogP contribution in [-0.2, 0) is 10.2 Å². The standard InChI is InChI=1S/C22H25N3O3/c1-22(2,18-6-4-3-5-7-18)21(28)25-14-12-24(13-15-25)20(27)17-10-8-16(9-11-17)19(23)26/h3-11H,12-15H2,1-2H3,(H2,23,26). The Kier molecular flexibility index (Phi) is 5.49. The van der Waals surface area contributed by atoms with Crippen LogP contribution in [-0.4, -0.2) is 53.7 Å². The highest BCUT2D eigenvalue weighted by atomic mass is 16.2. The summed E-state index contributed by atoms with van der Waals surface area (Å²) in [5.74, 6) is -0.561. The van der Waals surface area contributed by atoms with Crippen molar-refractivity contribution < 1.29 is 14.4 Å². The zero-order chi connectivity index (χ0) is 20.3. The summed E-state index contributed by atoms with van der Waals surface area (Å²) >= 11 is 0. The van der Waals surface area contributed by atoms with E-state index in [4.69, 9.17) is 5.73 Å². The molecule has 6 nitrogen and oxygen atoms in total. The maximum absolute atomic E-state index is 13.0. The molecule has 3 amide bonds. The lowest BCUT2D eigenvalue weighted by molar-refractivity contribution is -0.137. The highest BCUT2D eigenvalue weighted by molar-refractivity contribution is 5.97. The van der Waals surface area contributed by atoms with Crippen molar-refractivity contribution in [3.63, 3.8) is 0 Å². The average Bonchev–Trinajstić information content (AvgIpc) is 2.73. The minimum absolute atomic E-state index is 0.0663. The fourth-order valence-electron chi connectivity index (χ4n) is 3.45. The number of nitrogens with two attached hydrogens (primary N) is 1. The minimum atomic E-state index is -0.613. The van der Waals surface area contributed by atoms with Gasteiger partial charge in [0.2, 0.25) is 11.8 Å². The molecule has 2 aromatic carbocycles. The quantitative estimate of drug-likeness (QED) is 0.882. The van der Waals surface area contributed by atoms with Crippen LogP contribution in [0.2, 0.25) is 0 Å². The normalized spacial score (nSPS) is 14.6. The van der Waals surface area contributed by atoms with Gasteiger partial charge < -0.3 is 15.5 Å². The smallest absolute Gasteiger partial charge is 0.253 e. The van der Waals surface area contributed by atoms with E-state index in [2.05, 4.69) is 0 Å². The van der Waals surface area contributed by atoms with Crippen LogP contribution in [0.4, 0.5) is 0 Å². The van der Waals surface area contributed by atoms with Crippen LogP contribution in [0, 0.1) is 0 Å². The molecule has 1 fully saturated rings. The van der Waals surface area contributed by atoms with Gasteiger partial charge in [-0.3, -0.25) is 14.4 Å². The lowest BCUT2D eigenvalue weighted by Crippen LogP contribution is -2.54. The Morgan fingerprint density at radius 2 is 1.29 bits per heavy atom. The number of carbonyl (C=O) groups is 3. The first-order chi connectivity index (χ1) is 13.3. The topological polar surface area (TPSA) is 83.7 Å². The molecule has 0 aliphatic carbocycles. The van der Waals surface area contributed by atoms with Crippen molar-refractivity contribution in [1.82, 2.24) is 9.80 Å². The Balaban J connectivity index is 1.63. The first kappa shape index (κ1) is 19.6. The van der Waals surface area contributed by atoms with Crippen molar-refractivity contribution in [2.24, 2.45) is 5.73 Å². The summed E-state index contributed by atoms with van der Waals surface area (Å²) in [6.45, 7) is 5.82. The molecule has 146 valence electrons. The van der Waals surface area contributed by atoms with Gasteiger partial charge in [0, 0.05) is 37.3 Å². The highest BCUT2D eigenvalue weighted by Gasteiger charge is 2.35. The summed E-state index contributed by atoms with van der Waals surface area (Å²) in [7, 11) is 0. The van der Waals surface area contributed by atoms with E-state index in [0.29, 0.717) is 37.3 Å². The third kappa shape index (κ3) is 3.91. The highest BCUT2D eigenvalue weighted by Crippen LogP contribution is 2.26. The Labute approximate surface area is 164 Å². The van der Waals surface area contributed by atoms with Crippen LogP contribution in [0.5, 0.6) is 0 Å². The number of amides is 3. The summed E-state index contributed by atoms with van der Waals surface area (Å²) < 4.78 is 0. The van der Waals surface area contributed by atoms with E-state index < -0.39 is 11.3 Å². The van der Waals surface area contributed by atoms with Gasteiger partial charge in [-0.25, -0.2) is 0 Å². The van der Waals surface area contributed by atoms with Gasteiger partial charge in [-0.05, 0) is 43.7 Å². The molecule has 0 bridgehead atoms. The van der Waals surface area contributed by atoms with Crippen LogP contribution in [0.3, 0.4) is 0 Å². The van der Waals surface area contributed by atoms with E-state index in [0.717, 1.165) is 5.56 Å². The number of carbonyl (C=O) groups excluding carboxylic acids is 3. The largest absolute Gasteiger partial charge is 0.366 e. The number of hydrogen-bond donors (Lipinski definition) is 1. The van der Waals surface area contributed by atoms with E-state index in [-0.39, 0.29) is 11.8 Å². The molecule has 1 heterocycles. The SMILES string of the molecule is CC(C)(C(=O)N1CCN(C(=O)c2ccc(C(N)=O)cc2)CC1)c1ccccc1. The number of nitrogens with zero attached hydrogens (tertiary/aromatic N) is 2. The molecule has 0 aromatic heterocycles. The summed E-state index contributed by atoms with van der Waals surface area (Å²) in [5.41, 5.74) is 6.48. The summed E-state index contributed by atoms with van der Waals surface area (Å²) in [6.07, 6.45) is 0. The number of rotatable bonds is 4. The fraction of sp³-hybridized carbons (Fsp3) is 0.318. The molecule has 2 aromatic rings. The molecule has 2 N–H and O–H groups in total. The Morgan fingerprint density at radius 3 is 1.82 bits per heavy atom. The summed E-state index contributed by atoms with van der Waals surface area (Å²) in [5, 5.41) is 0. The van der Waals surface area contributed by atoms with Crippen LogP contribution in [0.15, 0.2) is 54.6 Å². The summed E-state index contributed by atoms with van der Waals surface area (Å²) in [4.78, 5) is 40.4. The second-order valence-electron chi connectivity index (χ2n) is 7.52. The second kappa shape index (κ2) is 7.84. The van der Waals surface area contributed by atoms with Gasteiger partial charge in [0.05, 0.1) is 5.41 Å². The molecule has 28 heavy (non-hydrogen) atoms. The Hall–Kier alpha value is -3.15. The molecule has 1 aliphatic heterocycles. The van der Waals surface area contributed by atoms with Gasteiger partial charge in [-0.2, -0.15) is 0 Å². The maximum Gasteiger partial charge on any atom is 0.253 e. The molecule has 0 radical (unpaired) electrons. The molecule has 1 aliphatic rings. The van der Waals surface area contributed by atoms with Crippen molar-refractivity contribution in [3.8, 4) is 0 Å². The predicted molar refractivity (Wildman–Crippen MR) is 107 cm³/mol. The molecule has 3 rings (SSSR count). The van der Waals surface area contributed by atoms with E-state index >= 15 is 0 Å². The molecular weight excluding hydrogens is 354 g/mol. The molecule has 1 saturated heterocycles. The van der Waals surface area contributed by atoms with Crippen molar-refractivity contribution >= 4 is 17.7 Å². The van der Waals surface area contributed by atoms with Gasteiger partial charge in [-0.1, -0.05) is 30.3 Å².